The Morgan fingerprint density at radius 3 is 2.50 bits per heavy atom. The third-order valence-corrected chi connectivity index (χ3v) is 7.36. The Hall–Kier alpha value is -3.42. The molecule has 5 rings (SSSR count). The maximum atomic E-state index is 11.7. The van der Waals surface area contributed by atoms with E-state index in [0.717, 1.165) is 59.8 Å². The molecule has 0 bridgehead atoms. The Bertz CT molecular complexity index is 1570. The van der Waals surface area contributed by atoms with Crippen LogP contribution in [0.1, 0.15) is 11.1 Å². The van der Waals surface area contributed by atoms with Gasteiger partial charge in [-0.15, -0.1) is 11.3 Å². The molecule has 0 aliphatic carbocycles. The Labute approximate surface area is 206 Å². The second-order valence-corrected chi connectivity index (χ2v) is 10.0. The molecule has 0 amide bonds. The lowest BCUT2D eigenvalue weighted by Crippen LogP contribution is -2.09. The zero-order valence-corrected chi connectivity index (χ0v) is 20.8. The number of carbonyl (C=O) groups is 1. The highest BCUT2D eigenvalue weighted by Gasteiger charge is 2.20. The highest BCUT2D eigenvalue weighted by atomic mass is 35.5. The minimum Gasteiger partial charge on any atom is -0.481 e. The molecule has 3 aromatic carbocycles. The first kappa shape index (κ1) is 22.4. The lowest BCUT2D eigenvalue weighted by atomic mass is 9.93. The van der Waals surface area contributed by atoms with Gasteiger partial charge in [-0.05, 0) is 53.9 Å². The number of rotatable bonds is 5. The molecule has 0 aliphatic rings. The molecule has 172 valence electrons. The van der Waals surface area contributed by atoms with E-state index in [1.807, 2.05) is 68.0 Å². The summed E-state index contributed by atoms with van der Waals surface area (Å²) in [5.74, 6) is 0.0630. The van der Waals surface area contributed by atoms with Crippen LogP contribution in [0.25, 0.3) is 42.8 Å². The summed E-state index contributed by atoms with van der Waals surface area (Å²) in [6.07, 6.45) is -0.0543. The first-order valence-corrected chi connectivity index (χ1v) is 12.0. The van der Waals surface area contributed by atoms with Crippen LogP contribution in [0.3, 0.4) is 0 Å². The summed E-state index contributed by atoms with van der Waals surface area (Å²) in [7, 11) is 5.91. The molecular formula is C26H23ClN4O2S. The summed E-state index contributed by atoms with van der Waals surface area (Å²) in [5.41, 5.74) is 6.44. The highest BCUT2D eigenvalue weighted by molar-refractivity contribution is 7.22. The van der Waals surface area contributed by atoms with Gasteiger partial charge in [-0.25, -0.2) is 4.98 Å². The molecule has 0 saturated heterocycles. The van der Waals surface area contributed by atoms with Crippen molar-refractivity contribution < 1.29 is 9.90 Å². The van der Waals surface area contributed by atoms with Crippen LogP contribution in [0.2, 0.25) is 5.02 Å². The highest BCUT2D eigenvalue weighted by Crippen LogP contribution is 2.41. The number of aromatic nitrogens is 3. The molecule has 0 spiro atoms. The van der Waals surface area contributed by atoms with E-state index in [9.17, 15) is 9.90 Å². The fourth-order valence-corrected chi connectivity index (χ4v) is 5.62. The summed E-state index contributed by atoms with van der Waals surface area (Å²) < 4.78 is 2.86. The topological polar surface area (TPSA) is 71.2 Å². The average Bonchev–Trinajstić information content (AvgIpc) is 3.35. The van der Waals surface area contributed by atoms with Gasteiger partial charge < -0.3 is 10.0 Å². The molecule has 1 N–H and O–H groups in total. The van der Waals surface area contributed by atoms with Crippen LogP contribution in [0.5, 0.6) is 0 Å². The fourth-order valence-electron chi connectivity index (χ4n) is 4.36. The van der Waals surface area contributed by atoms with Crippen molar-refractivity contribution in [1.82, 2.24) is 14.8 Å². The van der Waals surface area contributed by atoms with Crippen molar-refractivity contribution in [2.45, 2.75) is 13.3 Å². The van der Waals surface area contributed by atoms with Gasteiger partial charge in [-0.3, -0.25) is 9.48 Å². The number of anilines is 1. The third-order valence-electron chi connectivity index (χ3n) is 5.97. The number of hydrogen-bond acceptors (Lipinski definition) is 5. The van der Waals surface area contributed by atoms with E-state index < -0.39 is 5.97 Å². The van der Waals surface area contributed by atoms with E-state index in [4.69, 9.17) is 16.6 Å². The Morgan fingerprint density at radius 2 is 1.82 bits per heavy atom. The van der Waals surface area contributed by atoms with Crippen LogP contribution in [-0.4, -0.2) is 39.9 Å². The maximum absolute atomic E-state index is 11.7. The predicted molar refractivity (Wildman–Crippen MR) is 140 cm³/mol. The van der Waals surface area contributed by atoms with Crippen molar-refractivity contribution in [2.75, 3.05) is 19.0 Å². The minimum absolute atomic E-state index is 0.0543. The predicted octanol–water partition coefficient (Wildman–Crippen LogP) is 6.17. The summed E-state index contributed by atoms with van der Waals surface area (Å²) in [6, 6.07) is 15.8. The van der Waals surface area contributed by atoms with Gasteiger partial charge in [0.05, 0.1) is 22.2 Å². The molecule has 0 aliphatic heterocycles. The molecule has 0 fully saturated rings. The lowest BCUT2D eigenvalue weighted by Gasteiger charge is -2.13. The molecular weight excluding hydrogens is 468 g/mol. The van der Waals surface area contributed by atoms with Crippen LogP contribution in [0, 0.1) is 6.92 Å². The summed E-state index contributed by atoms with van der Waals surface area (Å²) in [6.45, 7) is 1.95. The number of fused-ring (bicyclic) bond motifs is 2. The largest absolute Gasteiger partial charge is 0.481 e. The van der Waals surface area contributed by atoms with Crippen molar-refractivity contribution in [3.05, 3.63) is 64.7 Å². The van der Waals surface area contributed by atoms with Gasteiger partial charge in [0.2, 0.25) is 0 Å². The van der Waals surface area contributed by atoms with E-state index >= 15 is 0 Å². The molecule has 2 aromatic heterocycles. The summed E-state index contributed by atoms with van der Waals surface area (Å²) in [5, 5.41) is 16.8. The first-order valence-electron chi connectivity index (χ1n) is 10.8. The van der Waals surface area contributed by atoms with Crippen molar-refractivity contribution in [3.63, 3.8) is 0 Å². The van der Waals surface area contributed by atoms with E-state index in [-0.39, 0.29) is 6.42 Å². The van der Waals surface area contributed by atoms with Gasteiger partial charge in [0.15, 0.2) is 5.82 Å². The van der Waals surface area contributed by atoms with Crippen molar-refractivity contribution >= 4 is 55.8 Å². The van der Waals surface area contributed by atoms with Gasteiger partial charge in [-0.1, -0.05) is 29.8 Å². The van der Waals surface area contributed by atoms with Crippen LogP contribution in [-0.2, 0) is 18.3 Å². The standard InChI is InChI=1S/C26H23ClN4O2S/c1-14-11-20-24(23(19(14)13-22(32)33)15-5-8-17(27)9-6-15)34-26(28-20)16-7-10-18-21(12-16)31(4)29-25(18)30(2)3/h5-12H,13H2,1-4H3,(H,32,33). The fraction of sp³-hybridized carbons (Fsp3) is 0.192. The van der Waals surface area contributed by atoms with Crippen LogP contribution < -0.4 is 4.90 Å². The normalized spacial score (nSPS) is 11.4. The lowest BCUT2D eigenvalue weighted by molar-refractivity contribution is -0.136. The molecule has 8 heteroatoms. The van der Waals surface area contributed by atoms with Crippen LogP contribution in [0.15, 0.2) is 48.5 Å². The van der Waals surface area contributed by atoms with Gasteiger partial charge >= 0.3 is 5.97 Å². The second kappa shape index (κ2) is 8.42. The quantitative estimate of drug-likeness (QED) is 0.319. The van der Waals surface area contributed by atoms with Crippen LogP contribution >= 0.6 is 22.9 Å². The Balaban J connectivity index is 1.73. The smallest absolute Gasteiger partial charge is 0.307 e. The second-order valence-electron chi connectivity index (χ2n) is 8.57. The zero-order chi connectivity index (χ0) is 24.1. The summed E-state index contributed by atoms with van der Waals surface area (Å²) >= 11 is 7.70. The SMILES string of the molecule is Cc1cc2nc(-c3ccc4c(N(C)C)nn(C)c4c3)sc2c(-c2ccc(Cl)cc2)c1CC(=O)O. The van der Waals surface area contributed by atoms with E-state index in [0.29, 0.717) is 5.02 Å². The number of benzene rings is 3. The zero-order valence-electron chi connectivity index (χ0n) is 19.3. The van der Waals surface area contributed by atoms with Crippen molar-refractivity contribution in [3.8, 4) is 21.7 Å². The molecule has 2 heterocycles. The monoisotopic (exact) mass is 490 g/mol. The van der Waals surface area contributed by atoms with Gasteiger partial charge in [0, 0.05) is 42.7 Å². The van der Waals surface area contributed by atoms with Crippen molar-refractivity contribution in [1.29, 1.82) is 0 Å². The molecule has 5 aromatic rings. The number of halogens is 1. The minimum atomic E-state index is -0.860. The molecule has 0 saturated carbocycles. The van der Waals surface area contributed by atoms with Gasteiger partial charge in [-0.2, -0.15) is 5.10 Å². The maximum Gasteiger partial charge on any atom is 0.307 e. The first-order chi connectivity index (χ1) is 16.2. The van der Waals surface area contributed by atoms with Gasteiger partial charge in [0.25, 0.3) is 0 Å². The average molecular weight is 491 g/mol. The number of aliphatic carboxylic acids is 1. The third kappa shape index (κ3) is 3.81. The summed E-state index contributed by atoms with van der Waals surface area (Å²) in [4.78, 5) is 18.6. The molecule has 0 radical (unpaired) electrons. The number of thiazole rings is 1. The van der Waals surface area contributed by atoms with Gasteiger partial charge in [0.1, 0.15) is 5.01 Å². The van der Waals surface area contributed by atoms with Crippen molar-refractivity contribution in [2.24, 2.45) is 7.05 Å². The molecule has 0 atom stereocenters. The Morgan fingerprint density at radius 1 is 1.12 bits per heavy atom. The van der Waals surface area contributed by atoms with E-state index in [2.05, 4.69) is 23.3 Å². The Kier molecular flexibility index (Phi) is 5.54. The van der Waals surface area contributed by atoms with E-state index in [1.54, 1.807) is 11.3 Å². The number of aryl methyl sites for hydroxylation is 2. The number of carboxylic acids is 1. The molecule has 0 unspecified atom stereocenters. The van der Waals surface area contributed by atoms with Crippen LogP contribution in [0.4, 0.5) is 5.82 Å². The molecule has 34 heavy (non-hydrogen) atoms. The number of carboxylic acid groups (broad SMARTS) is 1. The number of hydrogen-bond donors (Lipinski definition) is 1. The number of nitrogens with zero attached hydrogens (tertiary/aromatic N) is 4. The molecule has 6 nitrogen and oxygen atoms in total. The van der Waals surface area contributed by atoms with E-state index in [1.165, 1.54) is 0 Å².